The van der Waals surface area contributed by atoms with Crippen molar-refractivity contribution in [2.24, 2.45) is 0 Å². The lowest BCUT2D eigenvalue weighted by Crippen LogP contribution is -2.29. The standard InChI is InChI=1S/C28H26FNO5/c1-28(2,3)16-13-14-22(35-4)18(15-16)25(32)23-24(17-9-5-6-10-19(17)29)30(27(34)26(23)33)20-11-7-8-12-21(20)31/h5-15,24,31-32H,1-4H3/b25-23+. The van der Waals surface area contributed by atoms with Crippen LogP contribution in [-0.2, 0) is 15.0 Å². The number of aromatic hydroxyl groups is 1. The fourth-order valence-corrected chi connectivity index (χ4v) is 4.24. The summed E-state index contributed by atoms with van der Waals surface area (Å²) < 4.78 is 20.5. The fourth-order valence-electron chi connectivity index (χ4n) is 4.24. The largest absolute Gasteiger partial charge is 0.507 e. The van der Waals surface area contributed by atoms with Gasteiger partial charge in [-0.05, 0) is 41.3 Å². The number of ether oxygens (including phenoxy) is 1. The topological polar surface area (TPSA) is 87.1 Å². The molecular formula is C28H26FNO5. The summed E-state index contributed by atoms with van der Waals surface area (Å²) in [4.78, 5) is 27.6. The van der Waals surface area contributed by atoms with Gasteiger partial charge in [-0.15, -0.1) is 0 Å². The molecule has 6 nitrogen and oxygen atoms in total. The molecule has 0 saturated carbocycles. The van der Waals surface area contributed by atoms with E-state index in [4.69, 9.17) is 4.74 Å². The molecule has 0 aliphatic carbocycles. The highest BCUT2D eigenvalue weighted by Crippen LogP contribution is 2.46. The molecule has 1 atom stereocenters. The van der Waals surface area contributed by atoms with Gasteiger partial charge >= 0.3 is 0 Å². The monoisotopic (exact) mass is 475 g/mol. The second-order valence-electron chi connectivity index (χ2n) is 9.34. The number of phenolic OH excluding ortho intramolecular Hbond substituents is 1. The second-order valence-corrected chi connectivity index (χ2v) is 9.34. The van der Waals surface area contributed by atoms with Crippen molar-refractivity contribution in [3.63, 3.8) is 0 Å². The second kappa shape index (κ2) is 8.91. The Morgan fingerprint density at radius 3 is 2.29 bits per heavy atom. The average Bonchev–Trinajstić information content (AvgIpc) is 3.08. The highest BCUT2D eigenvalue weighted by Gasteiger charge is 2.48. The quantitative estimate of drug-likeness (QED) is 0.297. The summed E-state index contributed by atoms with van der Waals surface area (Å²) in [6, 6.07) is 15.6. The van der Waals surface area contributed by atoms with Gasteiger partial charge in [-0.2, -0.15) is 0 Å². The molecule has 3 aromatic carbocycles. The maximum absolute atomic E-state index is 15.0. The lowest BCUT2D eigenvalue weighted by Gasteiger charge is -2.26. The molecule has 1 aliphatic heterocycles. The van der Waals surface area contributed by atoms with Crippen LogP contribution in [0.5, 0.6) is 11.5 Å². The molecule has 7 heteroatoms. The molecule has 0 radical (unpaired) electrons. The SMILES string of the molecule is COc1ccc(C(C)(C)C)cc1/C(O)=C1\C(=O)C(=O)N(c2ccccc2O)C1c1ccccc1F. The van der Waals surface area contributed by atoms with Crippen LogP contribution in [0.25, 0.3) is 5.76 Å². The number of carbonyl (C=O) groups excluding carboxylic acids is 2. The third-order valence-electron chi connectivity index (χ3n) is 6.11. The summed E-state index contributed by atoms with van der Waals surface area (Å²) in [5, 5.41) is 21.9. The van der Waals surface area contributed by atoms with Crippen molar-refractivity contribution in [3.05, 3.63) is 94.8 Å². The zero-order valence-electron chi connectivity index (χ0n) is 19.9. The predicted molar refractivity (Wildman–Crippen MR) is 131 cm³/mol. The number of hydrogen-bond donors (Lipinski definition) is 2. The molecule has 1 amide bonds. The predicted octanol–water partition coefficient (Wildman–Crippen LogP) is 5.46. The number of carbonyl (C=O) groups is 2. The molecular weight excluding hydrogens is 449 g/mol. The van der Waals surface area contributed by atoms with Crippen LogP contribution in [0.15, 0.2) is 72.3 Å². The lowest BCUT2D eigenvalue weighted by molar-refractivity contribution is -0.132. The minimum absolute atomic E-state index is 0.00226. The lowest BCUT2D eigenvalue weighted by atomic mass is 9.85. The van der Waals surface area contributed by atoms with E-state index in [9.17, 15) is 19.8 Å². The number of ketones is 1. The van der Waals surface area contributed by atoms with Crippen LogP contribution in [0.2, 0.25) is 0 Å². The molecule has 3 aromatic rings. The van der Waals surface area contributed by atoms with Crippen LogP contribution < -0.4 is 9.64 Å². The van der Waals surface area contributed by atoms with Crippen LogP contribution in [0.4, 0.5) is 10.1 Å². The molecule has 180 valence electrons. The Labute approximate surface area is 202 Å². The molecule has 1 unspecified atom stereocenters. The number of aliphatic hydroxyl groups excluding tert-OH is 1. The van der Waals surface area contributed by atoms with E-state index in [0.29, 0.717) is 0 Å². The van der Waals surface area contributed by atoms with Gasteiger partial charge in [0.25, 0.3) is 11.7 Å². The van der Waals surface area contributed by atoms with Crippen LogP contribution in [0.1, 0.15) is 43.5 Å². The van der Waals surface area contributed by atoms with E-state index in [2.05, 4.69) is 0 Å². The van der Waals surface area contributed by atoms with E-state index in [1.165, 1.54) is 37.4 Å². The number of halogens is 1. The minimum Gasteiger partial charge on any atom is -0.507 e. The van der Waals surface area contributed by atoms with E-state index in [0.717, 1.165) is 10.5 Å². The number of para-hydroxylation sites is 2. The maximum Gasteiger partial charge on any atom is 0.300 e. The van der Waals surface area contributed by atoms with E-state index < -0.39 is 29.3 Å². The van der Waals surface area contributed by atoms with Crippen molar-refractivity contribution >= 4 is 23.1 Å². The van der Waals surface area contributed by atoms with Gasteiger partial charge in [-0.1, -0.05) is 57.2 Å². The number of hydrogen-bond acceptors (Lipinski definition) is 5. The first-order valence-corrected chi connectivity index (χ1v) is 11.1. The number of amides is 1. The third kappa shape index (κ3) is 4.14. The van der Waals surface area contributed by atoms with E-state index in [1.807, 2.05) is 26.8 Å². The molecule has 0 aromatic heterocycles. The summed E-state index contributed by atoms with van der Waals surface area (Å²) >= 11 is 0. The summed E-state index contributed by atoms with van der Waals surface area (Å²) in [6.45, 7) is 5.99. The zero-order valence-corrected chi connectivity index (χ0v) is 19.9. The Kier molecular flexibility index (Phi) is 6.11. The number of benzene rings is 3. The van der Waals surface area contributed by atoms with Crippen molar-refractivity contribution in [3.8, 4) is 11.5 Å². The fraction of sp³-hybridized carbons (Fsp3) is 0.214. The number of rotatable bonds is 4. The van der Waals surface area contributed by atoms with Gasteiger partial charge in [-0.25, -0.2) is 4.39 Å². The van der Waals surface area contributed by atoms with Crippen LogP contribution in [-0.4, -0.2) is 29.0 Å². The molecule has 2 N–H and O–H groups in total. The van der Waals surface area contributed by atoms with Crippen molar-refractivity contribution in [1.82, 2.24) is 0 Å². The van der Waals surface area contributed by atoms with Gasteiger partial charge in [0.05, 0.1) is 30.0 Å². The smallest absolute Gasteiger partial charge is 0.300 e. The first kappa shape index (κ1) is 24.0. The number of phenols is 1. The number of methoxy groups -OCH3 is 1. The average molecular weight is 476 g/mol. The molecule has 4 rings (SSSR count). The minimum atomic E-state index is -1.31. The molecule has 1 saturated heterocycles. The van der Waals surface area contributed by atoms with Crippen LogP contribution >= 0.6 is 0 Å². The Morgan fingerprint density at radius 2 is 1.66 bits per heavy atom. The van der Waals surface area contributed by atoms with E-state index in [-0.39, 0.29) is 39.3 Å². The molecule has 1 heterocycles. The summed E-state index contributed by atoms with van der Waals surface area (Å²) in [5.74, 6) is -3.12. The van der Waals surface area contributed by atoms with Crippen molar-refractivity contribution in [2.45, 2.75) is 32.2 Å². The molecule has 1 fully saturated rings. The maximum atomic E-state index is 15.0. The van der Waals surface area contributed by atoms with Crippen LogP contribution in [0, 0.1) is 5.82 Å². The van der Waals surface area contributed by atoms with Gasteiger partial charge in [0.2, 0.25) is 0 Å². The first-order chi connectivity index (χ1) is 16.6. The summed E-state index contributed by atoms with van der Waals surface area (Å²) in [7, 11) is 1.43. The Bertz CT molecular complexity index is 1360. The highest BCUT2D eigenvalue weighted by atomic mass is 19.1. The van der Waals surface area contributed by atoms with Gasteiger partial charge in [0.15, 0.2) is 0 Å². The van der Waals surface area contributed by atoms with Gasteiger partial charge in [0.1, 0.15) is 23.1 Å². The third-order valence-corrected chi connectivity index (χ3v) is 6.11. The van der Waals surface area contributed by atoms with Crippen LogP contribution in [0.3, 0.4) is 0 Å². The zero-order chi connectivity index (χ0) is 25.5. The molecule has 0 bridgehead atoms. The summed E-state index contributed by atoms with van der Waals surface area (Å²) in [5.41, 5.74) is 0.509. The van der Waals surface area contributed by atoms with Gasteiger partial charge in [-0.3, -0.25) is 14.5 Å². The van der Waals surface area contributed by atoms with Crippen molar-refractivity contribution in [1.29, 1.82) is 0 Å². The molecule has 1 aliphatic rings. The normalized spacial score (nSPS) is 17.6. The van der Waals surface area contributed by atoms with Crippen molar-refractivity contribution in [2.75, 3.05) is 12.0 Å². The van der Waals surface area contributed by atoms with E-state index in [1.54, 1.807) is 30.3 Å². The highest BCUT2D eigenvalue weighted by molar-refractivity contribution is 6.52. The Morgan fingerprint density at radius 1 is 1.00 bits per heavy atom. The number of nitrogens with zero attached hydrogens (tertiary/aromatic N) is 1. The van der Waals surface area contributed by atoms with Gasteiger partial charge < -0.3 is 14.9 Å². The molecule has 35 heavy (non-hydrogen) atoms. The summed E-state index contributed by atoms with van der Waals surface area (Å²) in [6.07, 6.45) is 0. The van der Waals surface area contributed by atoms with E-state index >= 15 is 4.39 Å². The number of Topliss-reactive ketones (excluding diaryl/α,β-unsaturated/α-hetero) is 1. The number of aliphatic hydroxyl groups is 1. The number of anilines is 1. The van der Waals surface area contributed by atoms with Crippen molar-refractivity contribution < 1.29 is 28.9 Å². The van der Waals surface area contributed by atoms with Gasteiger partial charge in [0, 0.05) is 5.56 Å². The first-order valence-electron chi connectivity index (χ1n) is 11.1. The Hall–Kier alpha value is -4.13. The molecule has 0 spiro atoms. The Balaban J connectivity index is 2.04.